The molecule has 2 atom stereocenters. The molecule has 24 heavy (non-hydrogen) atoms. The molecule has 2 aliphatic carbocycles. The SMILES string of the molecule is COc1ccccc1C(=O)CCC(=O)C1=CC2CCCCC2C=C1. The highest BCUT2D eigenvalue weighted by Gasteiger charge is 2.25. The average molecular weight is 324 g/mol. The molecule has 2 unspecified atom stereocenters. The molecule has 2 aliphatic rings. The van der Waals surface area contributed by atoms with E-state index < -0.39 is 0 Å². The third-order valence-corrected chi connectivity index (χ3v) is 5.10. The van der Waals surface area contributed by atoms with Gasteiger partial charge in [0.25, 0.3) is 0 Å². The molecule has 0 aliphatic heterocycles. The van der Waals surface area contributed by atoms with E-state index in [2.05, 4.69) is 12.2 Å². The monoisotopic (exact) mass is 324 g/mol. The van der Waals surface area contributed by atoms with Crippen molar-refractivity contribution in [1.29, 1.82) is 0 Å². The standard InChI is InChI=1S/C21H24O3/c1-24-21-9-5-4-8-18(21)20(23)13-12-19(22)17-11-10-15-6-2-3-7-16(15)14-17/h4-5,8-11,14-16H,2-3,6-7,12-13H2,1H3. The second-order valence-corrected chi connectivity index (χ2v) is 6.64. The van der Waals surface area contributed by atoms with Gasteiger partial charge in [-0.2, -0.15) is 0 Å². The zero-order valence-electron chi connectivity index (χ0n) is 14.2. The lowest BCUT2D eigenvalue weighted by atomic mass is 9.75. The topological polar surface area (TPSA) is 43.4 Å². The number of para-hydroxylation sites is 1. The Balaban J connectivity index is 1.60. The van der Waals surface area contributed by atoms with E-state index >= 15 is 0 Å². The quantitative estimate of drug-likeness (QED) is 0.722. The largest absolute Gasteiger partial charge is 0.496 e. The summed E-state index contributed by atoms with van der Waals surface area (Å²) in [5, 5.41) is 0. The van der Waals surface area contributed by atoms with Crippen LogP contribution in [0.2, 0.25) is 0 Å². The second kappa shape index (κ2) is 7.61. The zero-order chi connectivity index (χ0) is 16.9. The van der Waals surface area contributed by atoms with Gasteiger partial charge in [0.2, 0.25) is 0 Å². The average Bonchev–Trinajstić information content (AvgIpc) is 2.65. The molecule has 0 aromatic heterocycles. The Labute approximate surface area is 143 Å². The van der Waals surface area contributed by atoms with Crippen LogP contribution in [-0.4, -0.2) is 18.7 Å². The van der Waals surface area contributed by atoms with Gasteiger partial charge in [-0.25, -0.2) is 0 Å². The summed E-state index contributed by atoms with van der Waals surface area (Å²) in [5.74, 6) is 1.70. The number of hydrogen-bond acceptors (Lipinski definition) is 3. The Morgan fingerprint density at radius 2 is 1.75 bits per heavy atom. The Hall–Kier alpha value is -2.16. The summed E-state index contributed by atoms with van der Waals surface area (Å²) in [6.07, 6.45) is 11.7. The number of methoxy groups -OCH3 is 1. The van der Waals surface area contributed by atoms with Crippen molar-refractivity contribution in [1.82, 2.24) is 0 Å². The normalized spacial score (nSPS) is 22.5. The van der Waals surface area contributed by atoms with Gasteiger partial charge in [-0.15, -0.1) is 0 Å². The van der Waals surface area contributed by atoms with Crippen molar-refractivity contribution in [3.63, 3.8) is 0 Å². The zero-order valence-corrected chi connectivity index (χ0v) is 14.2. The predicted molar refractivity (Wildman–Crippen MR) is 94.2 cm³/mol. The molecular weight excluding hydrogens is 300 g/mol. The minimum Gasteiger partial charge on any atom is -0.496 e. The number of allylic oxidation sites excluding steroid dienone is 4. The van der Waals surface area contributed by atoms with Gasteiger partial charge < -0.3 is 4.74 Å². The van der Waals surface area contributed by atoms with Crippen molar-refractivity contribution in [3.05, 3.63) is 53.6 Å². The predicted octanol–water partition coefficient (Wildman–Crippen LogP) is 4.53. The third kappa shape index (κ3) is 3.66. The lowest BCUT2D eigenvalue weighted by Crippen LogP contribution is -2.20. The minimum atomic E-state index is -0.0447. The van der Waals surface area contributed by atoms with Gasteiger partial charge in [0, 0.05) is 18.4 Å². The van der Waals surface area contributed by atoms with Gasteiger partial charge in [-0.05, 0) is 36.8 Å². The van der Waals surface area contributed by atoms with E-state index in [1.54, 1.807) is 19.2 Å². The van der Waals surface area contributed by atoms with Crippen LogP contribution in [-0.2, 0) is 4.79 Å². The number of fused-ring (bicyclic) bond motifs is 1. The van der Waals surface area contributed by atoms with Crippen molar-refractivity contribution in [2.45, 2.75) is 38.5 Å². The lowest BCUT2D eigenvalue weighted by molar-refractivity contribution is -0.115. The number of benzene rings is 1. The number of carbonyl (C=O) groups is 2. The summed E-state index contributed by atoms with van der Waals surface area (Å²) in [4.78, 5) is 24.8. The highest BCUT2D eigenvalue weighted by molar-refractivity contribution is 6.04. The molecule has 1 aromatic carbocycles. The molecule has 1 fully saturated rings. The maximum absolute atomic E-state index is 12.5. The third-order valence-electron chi connectivity index (χ3n) is 5.10. The number of hydrogen-bond donors (Lipinski definition) is 0. The van der Waals surface area contributed by atoms with E-state index in [1.807, 2.05) is 18.2 Å². The minimum absolute atomic E-state index is 0.0447. The molecule has 0 bridgehead atoms. The van der Waals surface area contributed by atoms with Crippen molar-refractivity contribution >= 4 is 11.6 Å². The first kappa shape index (κ1) is 16.7. The maximum atomic E-state index is 12.5. The number of carbonyl (C=O) groups excluding carboxylic acids is 2. The summed E-state index contributed by atoms with van der Waals surface area (Å²) in [5.41, 5.74) is 1.33. The van der Waals surface area contributed by atoms with Crippen molar-refractivity contribution in [3.8, 4) is 5.75 Å². The summed E-state index contributed by atoms with van der Waals surface area (Å²) in [6.45, 7) is 0. The fourth-order valence-electron chi connectivity index (χ4n) is 3.71. The molecule has 0 N–H and O–H groups in total. The Morgan fingerprint density at radius 3 is 2.54 bits per heavy atom. The lowest BCUT2D eigenvalue weighted by Gasteiger charge is -2.30. The van der Waals surface area contributed by atoms with Gasteiger partial charge in [0.1, 0.15) is 5.75 Å². The summed E-state index contributed by atoms with van der Waals surface area (Å²) >= 11 is 0. The number of ether oxygens (including phenoxy) is 1. The molecule has 0 saturated heterocycles. The van der Waals surface area contributed by atoms with Crippen LogP contribution in [0.15, 0.2) is 48.1 Å². The summed E-state index contributed by atoms with van der Waals surface area (Å²) in [7, 11) is 1.55. The van der Waals surface area contributed by atoms with E-state index in [4.69, 9.17) is 4.74 Å². The van der Waals surface area contributed by atoms with Crippen LogP contribution < -0.4 is 4.74 Å². The molecule has 0 spiro atoms. The Morgan fingerprint density at radius 1 is 1.04 bits per heavy atom. The van der Waals surface area contributed by atoms with Crippen molar-refractivity contribution in [2.24, 2.45) is 11.8 Å². The van der Waals surface area contributed by atoms with E-state index in [0.717, 1.165) is 5.57 Å². The van der Waals surface area contributed by atoms with E-state index in [1.165, 1.54) is 25.7 Å². The highest BCUT2D eigenvalue weighted by atomic mass is 16.5. The molecule has 0 heterocycles. The number of Topliss-reactive ketones (excluding diaryl/α,β-unsaturated/α-hetero) is 2. The number of rotatable bonds is 6. The first-order chi connectivity index (χ1) is 11.7. The van der Waals surface area contributed by atoms with Crippen LogP contribution in [0.25, 0.3) is 0 Å². The van der Waals surface area contributed by atoms with Crippen molar-refractivity contribution in [2.75, 3.05) is 7.11 Å². The van der Waals surface area contributed by atoms with Crippen LogP contribution in [0.1, 0.15) is 48.9 Å². The number of ketones is 2. The summed E-state index contributed by atoms with van der Waals surface area (Å²) < 4.78 is 5.22. The van der Waals surface area contributed by atoms with Crippen LogP contribution in [0.5, 0.6) is 5.75 Å². The first-order valence-electron chi connectivity index (χ1n) is 8.78. The first-order valence-corrected chi connectivity index (χ1v) is 8.78. The Bertz CT molecular complexity index is 684. The molecule has 1 saturated carbocycles. The van der Waals surface area contributed by atoms with Crippen LogP contribution in [0, 0.1) is 11.8 Å². The second-order valence-electron chi connectivity index (χ2n) is 6.64. The fraction of sp³-hybridized carbons (Fsp3) is 0.429. The van der Waals surface area contributed by atoms with Gasteiger partial charge in [-0.1, -0.05) is 43.2 Å². The van der Waals surface area contributed by atoms with Crippen molar-refractivity contribution < 1.29 is 14.3 Å². The maximum Gasteiger partial charge on any atom is 0.167 e. The van der Waals surface area contributed by atoms with Gasteiger partial charge in [0.05, 0.1) is 12.7 Å². The molecule has 3 nitrogen and oxygen atoms in total. The van der Waals surface area contributed by atoms with Crippen LogP contribution in [0.3, 0.4) is 0 Å². The molecular formula is C21H24O3. The van der Waals surface area contributed by atoms with E-state index in [-0.39, 0.29) is 24.4 Å². The molecule has 3 heteroatoms. The molecule has 0 radical (unpaired) electrons. The van der Waals surface area contributed by atoms with Gasteiger partial charge >= 0.3 is 0 Å². The van der Waals surface area contributed by atoms with E-state index in [9.17, 15) is 9.59 Å². The van der Waals surface area contributed by atoms with Crippen LogP contribution >= 0.6 is 0 Å². The molecule has 0 amide bonds. The smallest absolute Gasteiger partial charge is 0.167 e. The molecule has 1 aromatic rings. The Kier molecular flexibility index (Phi) is 5.29. The van der Waals surface area contributed by atoms with E-state index in [0.29, 0.717) is 23.1 Å². The van der Waals surface area contributed by atoms with Crippen LogP contribution in [0.4, 0.5) is 0 Å². The van der Waals surface area contributed by atoms with Gasteiger partial charge in [0.15, 0.2) is 11.6 Å². The molecule has 126 valence electrons. The highest BCUT2D eigenvalue weighted by Crippen LogP contribution is 2.36. The fourth-order valence-corrected chi connectivity index (χ4v) is 3.71. The van der Waals surface area contributed by atoms with Gasteiger partial charge in [-0.3, -0.25) is 9.59 Å². The molecule has 3 rings (SSSR count). The summed E-state index contributed by atoms with van der Waals surface area (Å²) in [6, 6.07) is 7.16.